The van der Waals surface area contributed by atoms with Crippen molar-refractivity contribution in [1.82, 2.24) is 0 Å². The SMILES string of the molecule is C=C1CCC2(OC1)OC1CC3(O)C4CC=C5CC(O)CC(O)C5(C)C4CCC3(C)C1(O)C2C. The van der Waals surface area contributed by atoms with Crippen LogP contribution in [0, 0.1) is 28.6 Å². The Balaban J connectivity index is 1.38. The van der Waals surface area contributed by atoms with Gasteiger partial charge in [0.05, 0.1) is 30.5 Å². The maximum atomic E-state index is 12.5. The minimum atomic E-state index is -1.18. The van der Waals surface area contributed by atoms with Crippen LogP contribution < -0.4 is 0 Å². The summed E-state index contributed by atoms with van der Waals surface area (Å²) in [5.74, 6) is -1.04. The van der Waals surface area contributed by atoms with Crippen molar-refractivity contribution in [2.45, 2.75) is 107 Å². The summed E-state index contributed by atoms with van der Waals surface area (Å²) in [6, 6.07) is 0. The molecular formula is C27H40O6. The van der Waals surface area contributed by atoms with Gasteiger partial charge in [0, 0.05) is 36.0 Å². The van der Waals surface area contributed by atoms with Crippen LogP contribution in [-0.2, 0) is 9.47 Å². The lowest BCUT2D eigenvalue weighted by atomic mass is 9.44. The van der Waals surface area contributed by atoms with Crippen molar-refractivity contribution in [1.29, 1.82) is 0 Å². The van der Waals surface area contributed by atoms with Gasteiger partial charge in [-0.3, -0.25) is 0 Å². The van der Waals surface area contributed by atoms with Gasteiger partial charge in [-0.25, -0.2) is 0 Å². The summed E-state index contributed by atoms with van der Waals surface area (Å²) < 4.78 is 12.8. The van der Waals surface area contributed by atoms with E-state index in [1.54, 1.807) is 0 Å². The van der Waals surface area contributed by atoms with Gasteiger partial charge in [0.1, 0.15) is 5.60 Å². The summed E-state index contributed by atoms with van der Waals surface area (Å²) in [4.78, 5) is 0. The predicted octanol–water partition coefficient (Wildman–Crippen LogP) is 2.83. The molecule has 33 heavy (non-hydrogen) atoms. The molecule has 6 heteroatoms. The van der Waals surface area contributed by atoms with Crippen molar-refractivity contribution >= 4 is 0 Å². The molecule has 0 amide bonds. The maximum Gasteiger partial charge on any atom is 0.174 e. The lowest BCUT2D eigenvalue weighted by Gasteiger charge is -2.63. The third-order valence-electron chi connectivity index (χ3n) is 11.6. The molecule has 4 aliphatic carbocycles. The standard InChI is InChI=1S/C27H40O6/c1-15-7-10-26(32-14-15)16(2)27(31)22(33-26)13-25(30)20-6-5-17-11-18(28)12-21(29)24(17,4)19(20)8-9-23(25,27)3/h5,16,18-22,28-31H,1,6-14H2,2-4H3. The molecule has 3 saturated carbocycles. The first-order chi connectivity index (χ1) is 15.4. The number of hydrogen-bond donors (Lipinski definition) is 4. The van der Waals surface area contributed by atoms with Gasteiger partial charge in [0.25, 0.3) is 0 Å². The van der Waals surface area contributed by atoms with E-state index in [-0.39, 0.29) is 17.8 Å². The van der Waals surface area contributed by atoms with Crippen molar-refractivity contribution in [2.24, 2.45) is 28.6 Å². The lowest BCUT2D eigenvalue weighted by Crippen LogP contribution is -2.67. The zero-order valence-corrected chi connectivity index (χ0v) is 20.2. The van der Waals surface area contributed by atoms with Crippen molar-refractivity contribution in [3.8, 4) is 0 Å². The van der Waals surface area contributed by atoms with Gasteiger partial charge in [-0.1, -0.05) is 44.6 Å². The zero-order chi connectivity index (χ0) is 23.6. The third kappa shape index (κ3) is 2.46. The van der Waals surface area contributed by atoms with Gasteiger partial charge in [-0.15, -0.1) is 0 Å². The molecule has 0 aromatic heterocycles. The van der Waals surface area contributed by atoms with Crippen LogP contribution in [0.25, 0.3) is 0 Å². The molecule has 5 fully saturated rings. The molecule has 6 aliphatic rings. The minimum Gasteiger partial charge on any atom is -0.393 e. The molecule has 184 valence electrons. The predicted molar refractivity (Wildman–Crippen MR) is 122 cm³/mol. The first kappa shape index (κ1) is 22.7. The van der Waals surface area contributed by atoms with E-state index < -0.39 is 46.1 Å². The van der Waals surface area contributed by atoms with Crippen molar-refractivity contribution in [2.75, 3.05) is 6.61 Å². The van der Waals surface area contributed by atoms with Crippen LogP contribution in [-0.4, -0.2) is 62.3 Å². The maximum absolute atomic E-state index is 12.5. The van der Waals surface area contributed by atoms with E-state index in [1.807, 2.05) is 6.92 Å². The number of ether oxygens (including phenoxy) is 2. The Bertz CT molecular complexity index is 904. The molecule has 11 atom stereocenters. The van der Waals surface area contributed by atoms with Crippen molar-refractivity contribution in [3.05, 3.63) is 23.8 Å². The number of aliphatic hydroxyl groups is 4. The Morgan fingerprint density at radius 2 is 1.88 bits per heavy atom. The Morgan fingerprint density at radius 3 is 2.58 bits per heavy atom. The molecule has 2 saturated heterocycles. The summed E-state index contributed by atoms with van der Waals surface area (Å²) in [6.45, 7) is 10.7. The summed E-state index contributed by atoms with van der Waals surface area (Å²) in [5.41, 5.74) is -1.26. The summed E-state index contributed by atoms with van der Waals surface area (Å²) >= 11 is 0. The van der Waals surface area contributed by atoms with Crippen LogP contribution in [0.1, 0.15) is 72.1 Å². The van der Waals surface area contributed by atoms with Gasteiger partial charge in [-0.2, -0.15) is 0 Å². The number of aliphatic hydroxyl groups excluding tert-OH is 2. The number of hydrogen-bond acceptors (Lipinski definition) is 6. The first-order valence-corrected chi connectivity index (χ1v) is 12.9. The fourth-order valence-electron chi connectivity index (χ4n) is 9.45. The van der Waals surface area contributed by atoms with E-state index >= 15 is 0 Å². The molecular weight excluding hydrogens is 420 g/mol. The van der Waals surface area contributed by atoms with Crippen LogP contribution in [0.4, 0.5) is 0 Å². The van der Waals surface area contributed by atoms with E-state index in [4.69, 9.17) is 9.47 Å². The molecule has 2 heterocycles. The molecule has 0 aromatic carbocycles. The molecule has 11 unspecified atom stereocenters. The average molecular weight is 461 g/mol. The van der Waals surface area contributed by atoms with Crippen LogP contribution in [0.15, 0.2) is 23.8 Å². The second-order valence-electron chi connectivity index (χ2n) is 12.6. The molecule has 6 nitrogen and oxygen atoms in total. The smallest absolute Gasteiger partial charge is 0.174 e. The summed E-state index contributed by atoms with van der Waals surface area (Å²) in [7, 11) is 0. The Hall–Kier alpha value is -0.760. The molecule has 0 bridgehead atoms. The van der Waals surface area contributed by atoms with E-state index in [1.165, 1.54) is 0 Å². The zero-order valence-electron chi connectivity index (χ0n) is 20.2. The lowest BCUT2D eigenvalue weighted by molar-refractivity contribution is -0.274. The fourth-order valence-corrected chi connectivity index (χ4v) is 9.45. The van der Waals surface area contributed by atoms with Gasteiger partial charge in [0.2, 0.25) is 0 Å². The molecule has 4 N–H and O–H groups in total. The summed E-state index contributed by atoms with van der Waals surface area (Å²) in [6.07, 6.45) is 5.64. The fraction of sp³-hybridized carbons (Fsp3) is 0.852. The van der Waals surface area contributed by atoms with Gasteiger partial charge >= 0.3 is 0 Å². The highest BCUT2D eigenvalue weighted by Crippen LogP contribution is 2.73. The molecule has 6 rings (SSSR count). The third-order valence-corrected chi connectivity index (χ3v) is 11.6. The minimum absolute atomic E-state index is 0.0664. The molecule has 0 aromatic rings. The quantitative estimate of drug-likeness (QED) is 0.415. The Morgan fingerprint density at radius 1 is 1.12 bits per heavy atom. The highest BCUT2D eigenvalue weighted by molar-refractivity contribution is 5.34. The van der Waals surface area contributed by atoms with E-state index in [9.17, 15) is 20.4 Å². The Labute approximate surface area is 196 Å². The van der Waals surface area contributed by atoms with Crippen LogP contribution in [0.3, 0.4) is 0 Å². The summed E-state index contributed by atoms with van der Waals surface area (Å²) in [5, 5.41) is 46.2. The molecule has 0 radical (unpaired) electrons. The average Bonchev–Trinajstić information content (AvgIpc) is 3.07. The highest BCUT2D eigenvalue weighted by Gasteiger charge is 2.81. The van der Waals surface area contributed by atoms with Crippen LogP contribution >= 0.6 is 0 Å². The van der Waals surface area contributed by atoms with E-state index in [0.29, 0.717) is 45.1 Å². The Kier molecular flexibility index (Phi) is 4.61. The normalized spacial score (nSPS) is 60.1. The highest BCUT2D eigenvalue weighted by atomic mass is 16.7. The van der Waals surface area contributed by atoms with Crippen molar-refractivity contribution < 1.29 is 29.9 Å². The van der Waals surface area contributed by atoms with Gasteiger partial charge < -0.3 is 29.9 Å². The van der Waals surface area contributed by atoms with Crippen LogP contribution in [0.5, 0.6) is 0 Å². The van der Waals surface area contributed by atoms with Gasteiger partial charge in [0.15, 0.2) is 5.79 Å². The van der Waals surface area contributed by atoms with E-state index in [0.717, 1.165) is 24.0 Å². The number of rotatable bonds is 0. The van der Waals surface area contributed by atoms with Gasteiger partial charge in [-0.05, 0) is 43.9 Å². The monoisotopic (exact) mass is 460 g/mol. The van der Waals surface area contributed by atoms with E-state index in [2.05, 4.69) is 26.5 Å². The number of allylic oxidation sites excluding steroid dienone is 1. The second-order valence-corrected chi connectivity index (χ2v) is 12.6. The topological polar surface area (TPSA) is 99.4 Å². The largest absolute Gasteiger partial charge is 0.393 e. The number of fused-ring (bicyclic) bond motifs is 7. The molecule has 2 aliphatic heterocycles. The van der Waals surface area contributed by atoms with Crippen molar-refractivity contribution in [3.63, 3.8) is 0 Å². The molecule has 1 spiro atoms. The second kappa shape index (κ2) is 6.71. The first-order valence-electron chi connectivity index (χ1n) is 12.9. The van der Waals surface area contributed by atoms with Crippen LogP contribution in [0.2, 0.25) is 0 Å².